The fraction of sp³-hybridized carbons (Fsp3) is 0.455. The normalized spacial score (nSPS) is 12.4. The molecule has 1 aromatic heterocycles. The average molecular weight is 401 g/mol. The summed E-state index contributed by atoms with van der Waals surface area (Å²) in [7, 11) is 3.40. The number of nitrogens with one attached hydrogen (secondary N) is 2. The quantitative estimate of drug-likeness (QED) is 0.324. The van der Waals surface area contributed by atoms with Crippen LogP contribution in [0.4, 0.5) is 0 Å². The number of aromatic nitrogens is 1. The molecule has 2 N–H and O–H groups in total. The summed E-state index contributed by atoms with van der Waals surface area (Å²) in [5.41, 5.74) is 2.16. The van der Waals surface area contributed by atoms with Gasteiger partial charge in [0.05, 0.1) is 12.7 Å². The minimum absolute atomic E-state index is 0.0933. The zero-order valence-electron chi connectivity index (χ0n) is 17.6. The molecule has 7 nitrogen and oxygen atoms in total. The van der Waals surface area contributed by atoms with Gasteiger partial charge in [-0.15, -0.1) is 0 Å². The highest BCUT2D eigenvalue weighted by Gasteiger charge is 2.07. The van der Waals surface area contributed by atoms with E-state index >= 15 is 0 Å². The van der Waals surface area contributed by atoms with E-state index in [0.29, 0.717) is 32.2 Å². The molecule has 0 fully saturated rings. The molecule has 0 saturated carbocycles. The third kappa shape index (κ3) is 8.50. The maximum Gasteiger partial charge on any atom is 0.218 e. The largest absolute Gasteiger partial charge is 0.475 e. The Kier molecular flexibility index (Phi) is 10.6. The molecule has 1 heterocycles. The van der Waals surface area contributed by atoms with Gasteiger partial charge in [-0.2, -0.15) is 0 Å². The molecule has 0 aliphatic heterocycles. The van der Waals surface area contributed by atoms with E-state index in [1.807, 2.05) is 30.3 Å². The number of aliphatic imine (C=N–C) groups is 1. The van der Waals surface area contributed by atoms with Crippen molar-refractivity contribution in [1.82, 2.24) is 15.6 Å². The van der Waals surface area contributed by atoms with Crippen LogP contribution in [0.3, 0.4) is 0 Å². The predicted molar refractivity (Wildman–Crippen MR) is 115 cm³/mol. The second kappa shape index (κ2) is 13.5. The molecule has 0 bridgehead atoms. The number of guanidine groups is 1. The Labute approximate surface area is 173 Å². The number of nitrogens with zero attached hydrogens (tertiary/aromatic N) is 2. The highest BCUT2D eigenvalue weighted by atomic mass is 16.5. The van der Waals surface area contributed by atoms with Crippen LogP contribution < -0.4 is 15.4 Å². The highest BCUT2D eigenvalue weighted by molar-refractivity contribution is 5.79. The molecule has 1 unspecified atom stereocenters. The van der Waals surface area contributed by atoms with Gasteiger partial charge in [0.15, 0.2) is 5.96 Å². The minimum Gasteiger partial charge on any atom is -0.475 e. The fourth-order valence-electron chi connectivity index (χ4n) is 2.67. The maximum atomic E-state index is 5.90. The summed E-state index contributed by atoms with van der Waals surface area (Å²) >= 11 is 0. The summed E-state index contributed by atoms with van der Waals surface area (Å²) < 4.78 is 16.6. The SMILES string of the molecule is CN=C(NCCCOC(C)c1ccccc1)NCc1cccnc1OCCOC. The van der Waals surface area contributed by atoms with Crippen LogP contribution in [0.25, 0.3) is 0 Å². The third-order valence-corrected chi connectivity index (χ3v) is 4.30. The van der Waals surface area contributed by atoms with Crippen molar-refractivity contribution in [3.05, 3.63) is 59.8 Å². The summed E-state index contributed by atoms with van der Waals surface area (Å²) in [5.74, 6) is 1.34. The maximum absolute atomic E-state index is 5.90. The third-order valence-electron chi connectivity index (χ3n) is 4.30. The molecule has 0 aliphatic carbocycles. The second-order valence-corrected chi connectivity index (χ2v) is 6.44. The van der Waals surface area contributed by atoms with E-state index in [2.05, 4.69) is 39.7 Å². The number of rotatable bonds is 12. The van der Waals surface area contributed by atoms with Gasteiger partial charge in [0.2, 0.25) is 5.88 Å². The first-order valence-corrected chi connectivity index (χ1v) is 9.91. The van der Waals surface area contributed by atoms with E-state index in [0.717, 1.165) is 24.5 Å². The van der Waals surface area contributed by atoms with E-state index in [-0.39, 0.29) is 6.10 Å². The summed E-state index contributed by atoms with van der Waals surface area (Å²) in [6, 6.07) is 14.1. The van der Waals surface area contributed by atoms with Crippen LogP contribution in [0.1, 0.15) is 30.6 Å². The topological polar surface area (TPSA) is 77.0 Å². The number of hydrogen-bond acceptors (Lipinski definition) is 5. The lowest BCUT2D eigenvalue weighted by atomic mass is 10.1. The summed E-state index contributed by atoms with van der Waals surface area (Å²) in [4.78, 5) is 8.55. The van der Waals surface area contributed by atoms with Crippen molar-refractivity contribution >= 4 is 5.96 Å². The predicted octanol–water partition coefficient (Wildman–Crippen LogP) is 2.94. The Morgan fingerprint density at radius 2 is 1.90 bits per heavy atom. The molecule has 1 atom stereocenters. The first-order valence-electron chi connectivity index (χ1n) is 9.91. The Balaban J connectivity index is 1.68. The first-order chi connectivity index (χ1) is 14.2. The van der Waals surface area contributed by atoms with Crippen LogP contribution in [0.15, 0.2) is 53.7 Å². The fourth-order valence-corrected chi connectivity index (χ4v) is 2.67. The lowest BCUT2D eigenvalue weighted by molar-refractivity contribution is 0.0646. The lowest BCUT2D eigenvalue weighted by Crippen LogP contribution is -2.37. The minimum atomic E-state index is 0.0933. The standard InChI is InChI=1S/C22H32N4O3/c1-18(19-9-5-4-6-10-19)28-14-8-13-25-22(23-2)26-17-20-11-7-12-24-21(20)29-16-15-27-3/h4-7,9-12,18H,8,13-17H2,1-3H3,(H2,23,25,26). The zero-order valence-corrected chi connectivity index (χ0v) is 17.6. The molecule has 2 rings (SSSR count). The summed E-state index contributed by atoms with van der Waals surface area (Å²) in [5, 5.41) is 6.59. The molecule has 1 aromatic carbocycles. The van der Waals surface area contributed by atoms with Crippen LogP contribution in [0, 0.1) is 0 Å². The lowest BCUT2D eigenvalue weighted by Gasteiger charge is -2.15. The zero-order chi connectivity index (χ0) is 20.7. The van der Waals surface area contributed by atoms with Crippen molar-refractivity contribution in [2.24, 2.45) is 4.99 Å². The van der Waals surface area contributed by atoms with Gasteiger partial charge in [0.1, 0.15) is 6.61 Å². The first kappa shape index (κ1) is 22.6. The number of benzene rings is 1. The highest BCUT2D eigenvalue weighted by Crippen LogP contribution is 2.16. The smallest absolute Gasteiger partial charge is 0.218 e. The van der Waals surface area contributed by atoms with Crippen molar-refractivity contribution < 1.29 is 14.2 Å². The van der Waals surface area contributed by atoms with Crippen LogP contribution in [0.2, 0.25) is 0 Å². The summed E-state index contributed by atoms with van der Waals surface area (Å²) in [6.45, 7) is 5.08. The van der Waals surface area contributed by atoms with Crippen LogP contribution in [0.5, 0.6) is 5.88 Å². The van der Waals surface area contributed by atoms with Gasteiger partial charge in [-0.1, -0.05) is 36.4 Å². The molecule has 0 spiro atoms. The van der Waals surface area contributed by atoms with Gasteiger partial charge in [0.25, 0.3) is 0 Å². The van der Waals surface area contributed by atoms with E-state index in [4.69, 9.17) is 14.2 Å². The second-order valence-electron chi connectivity index (χ2n) is 6.44. The molecule has 29 heavy (non-hydrogen) atoms. The molecule has 158 valence electrons. The molecule has 0 radical (unpaired) electrons. The van der Waals surface area contributed by atoms with Gasteiger partial charge in [0, 0.05) is 45.6 Å². The van der Waals surface area contributed by atoms with Gasteiger partial charge in [-0.25, -0.2) is 4.98 Å². The van der Waals surface area contributed by atoms with Crippen molar-refractivity contribution in [3.8, 4) is 5.88 Å². The number of hydrogen-bond donors (Lipinski definition) is 2. The van der Waals surface area contributed by atoms with E-state index in [1.54, 1.807) is 20.4 Å². The van der Waals surface area contributed by atoms with Crippen LogP contribution in [-0.4, -0.2) is 51.5 Å². The van der Waals surface area contributed by atoms with Crippen LogP contribution in [-0.2, 0) is 16.0 Å². The Hall–Kier alpha value is -2.64. The van der Waals surface area contributed by atoms with Crippen molar-refractivity contribution in [1.29, 1.82) is 0 Å². The van der Waals surface area contributed by atoms with Crippen molar-refractivity contribution in [2.45, 2.75) is 26.0 Å². The van der Waals surface area contributed by atoms with Crippen molar-refractivity contribution in [2.75, 3.05) is 40.5 Å². The Bertz CT molecular complexity index is 725. The van der Waals surface area contributed by atoms with Gasteiger partial charge < -0.3 is 24.8 Å². The molecule has 0 saturated heterocycles. The Morgan fingerprint density at radius 3 is 2.66 bits per heavy atom. The van der Waals surface area contributed by atoms with Gasteiger partial charge in [-0.05, 0) is 25.0 Å². The van der Waals surface area contributed by atoms with Crippen LogP contribution >= 0.6 is 0 Å². The Morgan fingerprint density at radius 1 is 1.07 bits per heavy atom. The van der Waals surface area contributed by atoms with Crippen molar-refractivity contribution in [3.63, 3.8) is 0 Å². The molecular formula is C22H32N4O3. The molecule has 7 heteroatoms. The van der Waals surface area contributed by atoms with Gasteiger partial charge >= 0.3 is 0 Å². The van der Waals surface area contributed by atoms with E-state index in [9.17, 15) is 0 Å². The number of ether oxygens (including phenoxy) is 3. The number of methoxy groups -OCH3 is 1. The average Bonchev–Trinajstić information content (AvgIpc) is 2.77. The monoisotopic (exact) mass is 400 g/mol. The number of pyridine rings is 1. The molecule has 2 aromatic rings. The van der Waals surface area contributed by atoms with E-state index in [1.165, 1.54) is 5.56 Å². The summed E-state index contributed by atoms with van der Waals surface area (Å²) in [6.07, 6.45) is 2.70. The van der Waals surface area contributed by atoms with Gasteiger partial charge in [-0.3, -0.25) is 4.99 Å². The molecule has 0 aliphatic rings. The molecule has 0 amide bonds. The molecular weight excluding hydrogens is 368 g/mol. The van der Waals surface area contributed by atoms with E-state index < -0.39 is 0 Å².